The number of aliphatic carboxylic acids is 1. The number of rotatable bonds is 8. The molecule has 0 aliphatic rings. The summed E-state index contributed by atoms with van der Waals surface area (Å²) in [4.78, 5) is 23.5. The minimum Gasteiger partial charge on any atom is -0.481 e. The number of hydrogen-bond donors (Lipinski definition) is 2. The minimum absolute atomic E-state index is 0.0805. The zero-order chi connectivity index (χ0) is 16.1. The molecular formula is C14H19N5O3. The highest BCUT2D eigenvalue weighted by Crippen LogP contribution is 2.21. The number of carbonyl (C=O) groups excluding carboxylic acids is 1. The van der Waals surface area contributed by atoms with Gasteiger partial charge in [-0.15, -0.1) is 5.10 Å². The number of carbonyl (C=O) groups is 2. The number of nitrogens with zero attached hydrogens (tertiary/aromatic N) is 4. The average Bonchev–Trinajstić information content (AvgIpc) is 2.88. The number of fused-ring (bicyclic) bond motifs is 1. The summed E-state index contributed by atoms with van der Waals surface area (Å²) in [6.07, 6.45) is 0.289. The minimum atomic E-state index is -0.822. The van der Waals surface area contributed by atoms with E-state index in [4.69, 9.17) is 10.8 Å². The number of hydrogen-bond acceptors (Lipinski definition) is 5. The van der Waals surface area contributed by atoms with Gasteiger partial charge in [0.05, 0.1) is 18.5 Å². The molecule has 22 heavy (non-hydrogen) atoms. The molecule has 1 heterocycles. The van der Waals surface area contributed by atoms with E-state index in [-0.39, 0.29) is 18.7 Å². The van der Waals surface area contributed by atoms with Crippen LogP contribution in [-0.4, -0.2) is 45.1 Å². The van der Waals surface area contributed by atoms with Gasteiger partial charge in [-0.2, -0.15) is 0 Å². The Morgan fingerprint density at radius 3 is 2.77 bits per heavy atom. The quantitative estimate of drug-likeness (QED) is 0.738. The third-order valence-corrected chi connectivity index (χ3v) is 3.41. The molecule has 0 saturated heterocycles. The molecule has 0 aliphatic carbocycles. The second-order valence-corrected chi connectivity index (χ2v) is 4.93. The van der Waals surface area contributed by atoms with Gasteiger partial charge < -0.3 is 15.7 Å². The maximum absolute atomic E-state index is 10.8. The van der Waals surface area contributed by atoms with Crippen LogP contribution in [0.15, 0.2) is 18.2 Å². The van der Waals surface area contributed by atoms with Crippen molar-refractivity contribution in [3.8, 4) is 0 Å². The first-order valence-electron chi connectivity index (χ1n) is 7.09. The number of primary amides is 1. The Bertz CT molecular complexity index is 682. The normalized spacial score (nSPS) is 10.8. The fraction of sp³-hybridized carbons (Fsp3) is 0.429. The third kappa shape index (κ3) is 3.72. The van der Waals surface area contributed by atoms with Crippen molar-refractivity contribution < 1.29 is 14.7 Å². The van der Waals surface area contributed by atoms with Crippen LogP contribution in [0.5, 0.6) is 0 Å². The number of amides is 1. The molecule has 0 saturated carbocycles. The Balaban J connectivity index is 2.19. The molecule has 118 valence electrons. The predicted molar refractivity (Wildman–Crippen MR) is 81.5 cm³/mol. The molecule has 0 radical (unpaired) electrons. The van der Waals surface area contributed by atoms with E-state index < -0.39 is 5.97 Å². The lowest BCUT2D eigenvalue weighted by Gasteiger charge is -2.22. The van der Waals surface area contributed by atoms with Gasteiger partial charge in [-0.1, -0.05) is 5.21 Å². The van der Waals surface area contributed by atoms with E-state index in [1.165, 1.54) is 0 Å². The number of carboxylic acid groups (broad SMARTS) is 1. The van der Waals surface area contributed by atoms with E-state index in [0.717, 1.165) is 11.2 Å². The van der Waals surface area contributed by atoms with Gasteiger partial charge in [-0.05, 0) is 25.1 Å². The van der Waals surface area contributed by atoms with E-state index in [2.05, 4.69) is 10.3 Å². The second kappa shape index (κ2) is 6.88. The lowest BCUT2D eigenvalue weighted by Crippen LogP contribution is -2.25. The van der Waals surface area contributed by atoms with Gasteiger partial charge in [-0.3, -0.25) is 9.59 Å². The van der Waals surface area contributed by atoms with Crippen molar-refractivity contribution in [2.24, 2.45) is 5.73 Å². The molecule has 0 spiro atoms. The van der Waals surface area contributed by atoms with Crippen molar-refractivity contribution >= 4 is 28.6 Å². The van der Waals surface area contributed by atoms with Gasteiger partial charge in [0.25, 0.3) is 0 Å². The van der Waals surface area contributed by atoms with Crippen molar-refractivity contribution in [3.05, 3.63) is 18.2 Å². The van der Waals surface area contributed by atoms with Crippen LogP contribution in [0.3, 0.4) is 0 Å². The van der Waals surface area contributed by atoms with Crippen LogP contribution in [0.2, 0.25) is 0 Å². The molecule has 0 aliphatic heterocycles. The summed E-state index contributed by atoms with van der Waals surface area (Å²) < 4.78 is 1.64. The average molecular weight is 305 g/mol. The summed E-state index contributed by atoms with van der Waals surface area (Å²) in [6.45, 7) is 3.50. The smallest absolute Gasteiger partial charge is 0.305 e. The van der Waals surface area contributed by atoms with Gasteiger partial charge in [0.1, 0.15) is 5.52 Å². The molecule has 3 N–H and O–H groups in total. The number of benzene rings is 1. The molecule has 8 heteroatoms. The number of aromatic nitrogens is 3. The molecule has 2 rings (SSSR count). The Labute approximate surface area is 127 Å². The topological polar surface area (TPSA) is 114 Å². The van der Waals surface area contributed by atoms with E-state index in [0.29, 0.717) is 25.2 Å². The summed E-state index contributed by atoms with van der Waals surface area (Å²) in [7, 11) is 0. The molecule has 8 nitrogen and oxygen atoms in total. The van der Waals surface area contributed by atoms with Crippen molar-refractivity contribution in [1.29, 1.82) is 0 Å². The Kier molecular flexibility index (Phi) is 4.92. The van der Waals surface area contributed by atoms with Crippen molar-refractivity contribution in [2.75, 3.05) is 18.0 Å². The van der Waals surface area contributed by atoms with Crippen LogP contribution < -0.4 is 10.6 Å². The highest BCUT2D eigenvalue weighted by molar-refractivity contribution is 5.79. The van der Waals surface area contributed by atoms with Crippen LogP contribution in [0.1, 0.15) is 19.8 Å². The molecule has 0 fully saturated rings. The largest absolute Gasteiger partial charge is 0.481 e. The molecular weight excluding hydrogens is 286 g/mol. The predicted octanol–water partition coefficient (Wildman–Crippen LogP) is 0.608. The summed E-state index contributed by atoms with van der Waals surface area (Å²) in [5.74, 6) is -1.21. The molecule has 0 bridgehead atoms. The lowest BCUT2D eigenvalue weighted by atomic mass is 10.2. The summed E-state index contributed by atoms with van der Waals surface area (Å²) in [5.41, 5.74) is 7.56. The van der Waals surface area contributed by atoms with Gasteiger partial charge in [0, 0.05) is 25.2 Å². The zero-order valence-corrected chi connectivity index (χ0v) is 12.4. The maximum atomic E-state index is 10.8. The highest BCUT2D eigenvalue weighted by Gasteiger charge is 2.11. The molecule has 1 aromatic heterocycles. The number of aryl methyl sites for hydroxylation is 1. The zero-order valence-electron chi connectivity index (χ0n) is 12.4. The highest BCUT2D eigenvalue weighted by atomic mass is 16.4. The molecule has 1 aromatic carbocycles. The SMILES string of the molecule is CCN(CCC(=O)O)c1ccc2c(c1)nnn2CCC(N)=O. The van der Waals surface area contributed by atoms with E-state index in [1.807, 2.05) is 30.0 Å². The fourth-order valence-electron chi connectivity index (χ4n) is 2.24. The molecule has 0 atom stereocenters. The first-order valence-corrected chi connectivity index (χ1v) is 7.09. The Morgan fingerprint density at radius 1 is 1.36 bits per heavy atom. The van der Waals surface area contributed by atoms with Crippen LogP contribution in [0.25, 0.3) is 11.0 Å². The van der Waals surface area contributed by atoms with Gasteiger partial charge in [0.2, 0.25) is 5.91 Å². The Hall–Kier alpha value is -2.64. The van der Waals surface area contributed by atoms with E-state index in [9.17, 15) is 9.59 Å². The maximum Gasteiger partial charge on any atom is 0.305 e. The van der Waals surface area contributed by atoms with Gasteiger partial charge >= 0.3 is 5.97 Å². The van der Waals surface area contributed by atoms with Crippen LogP contribution in [-0.2, 0) is 16.1 Å². The molecule has 2 aromatic rings. The van der Waals surface area contributed by atoms with Gasteiger partial charge in [0.15, 0.2) is 0 Å². The number of nitrogens with two attached hydrogens (primary N) is 1. The fourth-order valence-corrected chi connectivity index (χ4v) is 2.24. The molecule has 0 unspecified atom stereocenters. The summed E-state index contributed by atoms with van der Waals surface area (Å²) in [5, 5.41) is 16.9. The monoisotopic (exact) mass is 305 g/mol. The van der Waals surface area contributed by atoms with Crippen molar-refractivity contribution in [1.82, 2.24) is 15.0 Å². The van der Waals surface area contributed by atoms with E-state index >= 15 is 0 Å². The van der Waals surface area contributed by atoms with Crippen LogP contribution in [0, 0.1) is 0 Å². The summed E-state index contributed by atoms with van der Waals surface area (Å²) in [6, 6.07) is 5.64. The second-order valence-electron chi connectivity index (χ2n) is 4.93. The standard InChI is InChI=1S/C14H19N5O3/c1-2-18(7-6-14(21)22)10-3-4-12-11(9-10)16-17-19(12)8-5-13(15)20/h3-4,9H,2,5-8H2,1H3,(H2,15,20)(H,21,22). The number of anilines is 1. The lowest BCUT2D eigenvalue weighted by molar-refractivity contribution is -0.136. The third-order valence-electron chi connectivity index (χ3n) is 3.41. The van der Waals surface area contributed by atoms with E-state index in [1.54, 1.807) is 4.68 Å². The van der Waals surface area contributed by atoms with Crippen LogP contribution >= 0.6 is 0 Å². The Morgan fingerprint density at radius 2 is 2.14 bits per heavy atom. The number of carboxylic acids is 1. The van der Waals surface area contributed by atoms with Crippen LogP contribution in [0.4, 0.5) is 5.69 Å². The van der Waals surface area contributed by atoms with Gasteiger partial charge in [-0.25, -0.2) is 4.68 Å². The van der Waals surface area contributed by atoms with Crippen molar-refractivity contribution in [3.63, 3.8) is 0 Å². The first-order chi connectivity index (χ1) is 10.5. The molecule has 1 amide bonds. The first kappa shape index (κ1) is 15.7. The summed E-state index contributed by atoms with van der Waals surface area (Å²) >= 11 is 0. The van der Waals surface area contributed by atoms with Crippen molar-refractivity contribution in [2.45, 2.75) is 26.3 Å².